The number of thiophene rings is 1. The van der Waals surface area contributed by atoms with E-state index in [4.69, 9.17) is 5.73 Å². The van der Waals surface area contributed by atoms with Crippen LogP contribution in [0.1, 0.15) is 36.6 Å². The first-order chi connectivity index (χ1) is 8.84. The molecule has 2 atom stereocenters. The minimum atomic E-state index is -3.39. The van der Waals surface area contributed by atoms with Crippen LogP contribution in [-0.2, 0) is 10.0 Å². The van der Waals surface area contributed by atoms with Crippen LogP contribution in [0.25, 0.3) is 0 Å². The fourth-order valence-electron chi connectivity index (χ4n) is 2.74. The minimum Gasteiger partial charge on any atom is -0.326 e. The van der Waals surface area contributed by atoms with Crippen LogP contribution in [0.3, 0.4) is 0 Å². The molecule has 0 spiro atoms. The van der Waals surface area contributed by atoms with E-state index in [9.17, 15) is 8.42 Å². The van der Waals surface area contributed by atoms with Gasteiger partial charge in [0.25, 0.3) is 10.0 Å². The number of rotatable bonds is 3. The first-order valence-corrected chi connectivity index (χ1v) is 8.94. The van der Waals surface area contributed by atoms with Gasteiger partial charge in [0, 0.05) is 23.5 Å². The van der Waals surface area contributed by atoms with Gasteiger partial charge >= 0.3 is 0 Å². The van der Waals surface area contributed by atoms with E-state index >= 15 is 0 Å². The van der Waals surface area contributed by atoms with Crippen LogP contribution < -0.4 is 5.73 Å². The van der Waals surface area contributed by atoms with Crippen LogP contribution in [0.4, 0.5) is 0 Å². The summed E-state index contributed by atoms with van der Waals surface area (Å²) in [7, 11) is -3.39. The van der Waals surface area contributed by atoms with Gasteiger partial charge in [0.1, 0.15) is 4.21 Å². The van der Waals surface area contributed by atoms with Gasteiger partial charge in [0.2, 0.25) is 0 Å². The Morgan fingerprint density at radius 3 is 2.63 bits per heavy atom. The van der Waals surface area contributed by atoms with Crippen molar-refractivity contribution in [2.45, 2.75) is 56.3 Å². The van der Waals surface area contributed by atoms with Crippen LogP contribution in [-0.4, -0.2) is 31.4 Å². The predicted octanol–water partition coefficient (Wildman–Crippen LogP) is 2.26. The van der Waals surface area contributed by atoms with Gasteiger partial charge < -0.3 is 5.73 Å². The zero-order valence-electron chi connectivity index (χ0n) is 11.7. The molecular formula is C13H22N2O2S2. The van der Waals surface area contributed by atoms with E-state index in [0.29, 0.717) is 10.8 Å². The van der Waals surface area contributed by atoms with Crippen molar-refractivity contribution in [3.8, 4) is 0 Å². The van der Waals surface area contributed by atoms with Crippen molar-refractivity contribution >= 4 is 21.4 Å². The number of piperidine rings is 1. The van der Waals surface area contributed by atoms with Crippen LogP contribution >= 0.6 is 11.3 Å². The van der Waals surface area contributed by atoms with Crippen molar-refractivity contribution in [1.82, 2.24) is 4.31 Å². The Bertz CT molecular complexity index is 549. The Labute approximate surface area is 119 Å². The molecule has 4 nitrogen and oxygen atoms in total. The molecule has 0 bridgehead atoms. The average molecular weight is 302 g/mol. The van der Waals surface area contributed by atoms with E-state index in [1.54, 1.807) is 4.31 Å². The topological polar surface area (TPSA) is 63.4 Å². The average Bonchev–Trinajstić information content (AvgIpc) is 2.69. The second-order valence-electron chi connectivity index (χ2n) is 5.37. The Balaban J connectivity index is 2.40. The van der Waals surface area contributed by atoms with Crippen molar-refractivity contribution in [2.24, 2.45) is 5.73 Å². The fraction of sp³-hybridized carbons (Fsp3) is 0.692. The zero-order chi connectivity index (χ0) is 14.2. The van der Waals surface area contributed by atoms with Crippen molar-refractivity contribution in [3.63, 3.8) is 0 Å². The largest absolute Gasteiger partial charge is 0.326 e. The van der Waals surface area contributed by atoms with Gasteiger partial charge in [-0.15, -0.1) is 11.3 Å². The molecule has 1 aromatic rings. The summed E-state index contributed by atoms with van der Waals surface area (Å²) in [6.07, 6.45) is 2.84. The third-order valence-electron chi connectivity index (χ3n) is 3.64. The predicted molar refractivity (Wildman–Crippen MR) is 79.0 cm³/mol. The third-order valence-corrected chi connectivity index (χ3v) is 7.33. The van der Waals surface area contributed by atoms with E-state index < -0.39 is 10.0 Å². The highest BCUT2D eigenvalue weighted by atomic mass is 32.2. The van der Waals surface area contributed by atoms with Gasteiger partial charge in [-0.05, 0) is 45.2 Å². The molecule has 2 N–H and O–H groups in total. The monoisotopic (exact) mass is 302 g/mol. The summed E-state index contributed by atoms with van der Waals surface area (Å²) in [5, 5.41) is 0. The smallest absolute Gasteiger partial charge is 0.253 e. The molecule has 2 unspecified atom stereocenters. The van der Waals surface area contributed by atoms with E-state index in [1.165, 1.54) is 11.3 Å². The van der Waals surface area contributed by atoms with Gasteiger partial charge in [-0.2, -0.15) is 4.31 Å². The van der Waals surface area contributed by atoms with Gasteiger partial charge in [-0.25, -0.2) is 8.42 Å². The summed E-state index contributed by atoms with van der Waals surface area (Å²) in [5.41, 5.74) is 6.82. The lowest BCUT2D eigenvalue weighted by atomic mass is 10.00. The SMILES string of the molecule is Cc1cc(C)c(S(=O)(=O)N2CCCCC2C(C)N)s1. The normalized spacial score (nSPS) is 23.5. The van der Waals surface area contributed by atoms with Gasteiger partial charge in [0.15, 0.2) is 0 Å². The summed E-state index contributed by atoms with van der Waals surface area (Å²) >= 11 is 1.36. The number of hydrogen-bond acceptors (Lipinski definition) is 4. The summed E-state index contributed by atoms with van der Waals surface area (Å²) in [5.74, 6) is 0. The van der Waals surface area contributed by atoms with E-state index in [-0.39, 0.29) is 12.1 Å². The second-order valence-corrected chi connectivity index (χ2v) is 8.71. The zero-order valence-corrected chi connectivity index (χ0v) is 13.4. The Kier molecular flexibility index (Phi) is 4.35. The standard InChI is InChI=1S/C13H22N2O2S2/c1-9-8-10(2)18-13(9)19(16,17)15-7-5-4-6-12(15)11(3)14/h8,11-12H,4-7,14H2,1-3H3. The maximum absolute atomic E-state index is 12.8. The van der Waals surface area contributed by atoms with Crippen LogP contribution in [0, 0.1) is 13.8 Å². The van der Waals surface area contributed by atoms with Crippen molar-refractivity contribution in [1.29, 1.82) is 0 Å². The first-order valence-electron chi connectivity index (χ1n) is 6.68. The summed E-state index contributed by atoms with van der Waals surface area (Å²) < 4.78 is 27.7. The quantitative estimate of drug-likeness (QED) is 0.931. The molecular weight excluding hydrogens is 280 g/mol. The Hall–Kier alpha value is -0.430. The Morgan fingerprint density at radius 2 is 2.11 bits per heavy atom. The summed E-state index contributed by atoms with van der Waals surface area (Å²) in [6, 6.07) is 1.74. The highest BCUT2D eigenvalue weighted by Crippen LogP contribution is 2.32. The maximum Gasteiger partial charge on any atom is 0.253 e. The lowest BCUT2D eigenvalue weighted by Crippen LogP contribution is -2.51. The van der Waals surface area contributed by atoms with Crippen LogP contribution in [0.15, 0.2) is 10.3 Å². The van der Waals surface area contributed by atoms with Crippen LogP contribution in [0.5, 0.6) is 0 Å². The molecule has 2 heterocycles. The van der Waals surface area contributed by atoms with Gasteiger partial charge in [0.05, 0.1) is 0 Å². The fourth-order valence-corrected chi connectivity index (χ4v) is 6.29. The molecule has 1 aliphatic rings. The molecule has 108 valence electrons. The number of nitrogens with two attached hydrogens (primary N) is 1. The molecule has 19 heavy (non-hydrogen) atoms. The lowest BCUT2D eigenvalue weighted by Gasteiger charge is -2.36. The van der Waals surface area contributed by atoms with E-state index in [2.05, 4.69) is 0 Å². The Morgan fingerprint density at radius 1 is 1.42 bits per heavy atom. The highest BCUT2D eigenvalue weighted by molar-refractivity contribution is 7.91. The van der Waals surface area contributed by atoms with Crippen molar-refractivity contribution < 1.29 is 8.42 Å². The number of nitrogens with zero attached hydrogens (tertiary/aromatic N) is 1. The van der Waals surface area contributed by atoms with E-state index in [0.717, 1.165) is 29.7 Å². The molecule has 1 saturated heterocycles. The minimum absolute atomic E-state index is 0.0689. The number of aryl methyl sites for hydroxylation is 2. The van der Waals surface area contributed by atoms with Gasteiger partial charge in [-0.1, -0.05) is 6.42 Å². The lowest BCUT2D eigenvalue weighted by molar-refractivity contribution is 0.227. The number of hydrogen-bond donors (Lipinski definition) is 1. The second kappa shape index (κ2) is 5.52. The molecule has 6 heteroatoms. The molecule has 0 saturated carbocycles. The van der Waals surface area contributed by atoms with Crippen molar-refractivity contribution in [3.05, 3.63) is 16.5 Å². The molecule has 0 radical (unpaired) electrons. The maximum atomic E-state index is 12.8. The molecule has 1 fully saturated rings. The number of sulfonamides is 1. The highest BCUT2D eigenvalue weighted by Gasteiger charge is 2.36. The first kappa shape index (κ1) is 15.0. The molecule has 0 amide bonds. The molecule has 1 aromatic heterocycles. The third kappa shape index (κ3) is 2.86. The van der Waals surface area contributed by atoms with Crippen LogP contribution in [0.2, 0.25) is 0 Å². The molecule has 0 aliphatic carbocycles. The molecule has 1 aliphatic heterocycles. The van der Waals surface area contributed by atoms with Gasteiger partial charge in [-0.3, -0.25) is 0 Å². The van der Waals surface area contributed by atoms with E-state index in [1.807, 2.05) is 26.8 Å². The van der Waals surface area contributed by atoms with Crippen molar-refractivity contribution in [2.75, 3.05) is 6.54 Å². The summed E-state index contributed by atoms with van der Waals surface area (Å²) in [6.45, 7) is 6.28. The molecule has 2 rings (SSSR count). The summed E-state index contributed by atoms with van der Waals surface area (Å²) in [4.78, 5) is 1.03. The molecule has 0 aromatic carbocycles.